The molecule has 0 N–H and O–H groups in total. The van der Waals surface area contributed by atoms with Crippen LogP contribution in [-0.4, -0.2) is 34.7 Å². The van der Waals surface area contributed by atoms with E-state index >= 15 is 0 Å². The quantitative estimate of drug-likeness (QED) is 0.264. The van der Waals surface area contributed by atoms with E-state index in [0.29, 0.717) is 0 Å². The van der Waals surface area contributed by atoms with E-state index in [2.05, 4.69) is 153 Å². The van der Waals surface area contributed by atoms with E-state index < -0.39 is 0 Å². The molecule has 0 fully saturated rings. The van der Waals surface area contributed by atoms with E-state index in [-0.39, 0.29) is 5.92 Å². The molecule has 0 aliphatic heterocycles. The van der Waals surface area contributed by atoms with Crippen molar-refractivity contribution >= 4 is 22.7 Å². The Kier molecular flexibility index (Phi) is 7.22. The van der Waals surface area contributed by atoms with E-state index in [1.54, 1.807) is 0 Å². The highest BCUT2D eigenvalue weighted by Gasteiger charge is 2.18. The van der Waals surface area contributed by atoms with Gasteiger partial charge in [0.15, 0.2) is 0 Å². The number of hydrogen-bond acceptors (Lipinski definition) is 3. The maximum Gasteiger partial charge on any atom is 0.0410 e. The van der Waals surface area contributed by atoms with Crippen LogP contribution < -0.4 is 14.7 Å². The summed E-state index contributed by atoms with van der Waals surface area (Å²) in [6.07, 6.45) is 0. The summed E-state index contributed by atoms with van der Waals surface area (Å²) in [6.45, 7) is 3.12. The van der Waals surface area contributed by atoms with Gasteiger partial charge >= 0.3 is 0 Å². The van der Waals surface area contributed by atoms with Gasteiger partial charge in [0.05, 0.1) is 0 Å². The van der Waals surface area contributed by atoms with E-state index in [1.165, 1.54) is 39.4 Å². The number of anilines is 4. The van der Waals surface area contributed by atoms with Gasteiger partial charge in [0, 0.05) is 63.4 Å². The Balaban J connectivity index is 1.72. The highest BCUT2D eigenvalue weighted by Crippen LogP contribution is 2.35. The van der Waals surface area contributed by atoms with Gasteiger partial charge in [-0.15, -0.1) is 0 Å². The molecule has 4 rings (SSSR count). The molecule has 0 saturated carbocycles. The minimum atomic E-state index is 0.174. The van der Waals surface area contributed by atoms with Crippen molar-refractivity contribution in [3.8, 4) is 0 Å². The number of nitrogens with zero attached hydrogens (tertiary/aromatic N) is 3. The lowest BCUT2D eigenvalue weighted by atomic mass is 9.85. The van der Waals surface area contributed by atoms with Gasteiger partial charge in [-0.1, -0.05) is 54.6 Å². The first-order valence-electron chi connectivity index (χ1n) is 11.9. The van der Waals surface area contributed by atoms with Crippen LogP contribution in [-0.2, 0) is 0 Å². The second kappa shape index (κ2) is 10.5. The van der Waals surface area contributed by atoms with Crippen LogP contribution in [0.4, 0.5) is 22.7 Å². The van der Waals surface area contributed by atoms with Gasteiger partial charge in [0.1, 0.15) is 0 Å². The minimum absolute atomic E-state index is 0.174. The summed E-state index contributed by atoms with van der Waals surface area (Å²) in [5.41, 5.74) is 8.74. The smallest absolute Gasteiger partial charge is 0.0410 e. The van der Waals surface area contributed by atoms with E-state index in [0.717, 1.165) is 6.54 Å². The lowest BCUT2D eigenvalue weighted by Crippen LogP contribution is -2.16. The molecule has 0 aliphatic rings. The summed E-state index contributed by atoms with van der Waals surface area (Å²) in [7, 11) is 8.32. The van der Waals surface area contributed by atoms with Crippen LogP contribution in [0.3, 0.4) is 0 Å². The normalized spacial score (nSPS) is 10.9. The van der Waals surface area contributed by atoms with Crippen LogP contribution in [0.15, 0.2) is 103 Å². The summed E-state index contributed by atoms with van der Waals surface area (Å²) < 4.78 is 0. The summed E-state index contributed by atoms with van der Waals surface area (Å²) in [5, 5.41) is 0. The van der Waals surface area contributed by atoms with E-state index in [1.807, 2.05) is 0 Å². The Morgan fingerprint density at radius 3 is 1.18 bits per heavy atom. The first-order chi connectivity index (χ1) is 16.5. The molecule has 0 heterocycles. The third-order valence-corrected chi connectivity index (χ3v) is 6.41. The maximum absolute atomic E-state index is 2.34. The molecule has 0 aromatic heterocycles. The predicted molar refractivity (Wildman–Crippen MR) is 148 cm³/mol. The van der Waals surface area contributed by atoms with Gasteiger partial charge in [-0.3, -0.25) is 0 Å². The summed E-state index contributed by atoms with van der Waals surface area (Å²) in [6, 6.07) is 37.5. The largest absolute Gasteiger partial charge is 0.378 e. The number of benzene rings is 4. The first-order valence-corrected chi connectivity index (χ1v) is 11.9. The lowest BCUT2D eigenvalue weighted by Gasteiger charge is -2.25. The molecule has 4 aromatic carbocycles. The zero-order chi connectivity index (χ0) is 24.1. The highest BCUT2D eigenvalue weighted by molar-refractivity contribution is 5.64. The molecule has 0 amide bonds. The third-order valence-electron chi connectivity index (χ3n) is 6.41. The van der Waals surface area contributed by atoms with Crippen molar-refractivity contribution in [1.82, 2.24) is 0 Å². The van der Waals surface area contributed by atoms with Crippen LogP contribution >= 0.6 is 0 Å². The standard InChI is InChI=1S/C31H35N3/c1-6-34(29-10-8-7-9-11-29)30-22-16-26(17-23-30)31(24-12-18-27(19-13-24)32(2)3)25-14-20-28(21-15-25)33(4)5/h7-23,31H,6H2,1-5H3. The van der Waals surface area contributed by atoms with Gasteiger partial charge in [0.25, 0.3) is 0 Å². The summed E-state index contributed by atoms with van der Waals surface area (Å²) >= 11 is 0. The number of para-hydroxylation sites is 1. The number of rotatable bonds is 8. The Bertz CT molecular complexity index is 1110. The molecule has 3 heteroatoms. The maximum atomic E-state index is 2.34. The Hall–Kier alpha value is -3.72. The molecule has 0 saturated heterocycles. The molecule has 34 heavy (non-hydrogen) atoms. The average Bonchev–Trinajstić information content (AvgIpc) is 2.87. The van der Waals surface area contributed by atoms with Gasteiger partial charge in [0.2, 0.25) is 0 Å². The van der Waals surface area contributed by atoms with Crippen LogP contribution in [0.5, 0.6) is 0 Å². The SMILES string of the molecule is CCN(c1ccccc1)c1ccc(C(c2ccc(N(C)C)cc2)c2ccc(N(C)C)cc2)cc1. The molecule has 0 radical (unpaired) electrons. The highest BCUT2D eigenvalue weighted by atomic mass is 15.1. The minimum Gasteiger partial charge on any atom is -0.378 e. The fraction of sp³-hybridized carbons (Fsp3) is 0.226. The van der Waals surface area contributed by atoms with Crippen LogP contribution in [0.25, 0.3) is 0 Å². The molecule has 0 spiro atoms. The van der Waals surface area contributed by atoms with Crippen molar-refractivity contribution in [3.05, 3.63) is 120 Å². The Labute approximate surface area is 204 Å². The van der Waals surface area contributed by atoms with Crippen molar-refractivity contribution in [1.29, 1.82) is 0 Å². The Morgan fingerprint density at radius 2 is 0.824 bits per heavy atom. The van der Waals surface area contributed by atoms with Crippen molar-refractivity contribution in [2.45, 2.75) is 12.8 Å². The third kappa shape index (κ3) is 5.09. The summed E-state index contributed by atoms with van der Waals surface area (Å²) in [4.78, 5) is 6.63. The van der Waals surface area contributed by atoms with Gasteiger partial charge in [-0.05, 0) is 72.1 Å². The molecule has 3 nitrogen and oxygen atoms in total. The second-order valence-corrected chi connectivity index (χ2v) is 9.08. The average molecular weight is 450 g/mol. The van der Waals surface area contributed by atoms with Crippen molar-refractivity contribution < 1.29 is 0 Å². The zero-order valence-corrected chi connectivity index (χ0v) is 20.9. The van der Waals surface area contributed by atoms with E-state index in [9.17, 15) is 0 Å². The van der Waals surface area contributed by atoms with Gasteiger partial charge in [-0.25, -0.2) is 0 Å². The van der Waals surface area contributed by atoms with Crippen molar-refractivity contribution in [2.75, 3.05) is 49.4 Å². The van der Waals surface area contributed by atoms with E-state index in [4.69, 9.17) is 0 Å². The first kappa shape index (κ1) is 23.4. The topological polar surface area (TPSA) is 9.72 Å². The van der Waals surface area contributed by atoms with Crippen LogP contribution in [0, 0.1) is 0 Å². The fourth-order valence-electron chi connectivity index (χ4n) is 4.48. The van der Waals surface area contributed by atoms with Crippen molar-refractivity contribution in [2.24, 2.45) is 0 Å². The van der Waals surface area contributed by atoms with Crippen molar-refractivity contribution in [3.63, 3.8) is 0 Å². The molecule has 174 valence electrons. The summed E-state index contributed by atoms with van der Waals surface area (Å²) in [5.74, 6) is 0.174. The molecule has 0 atom stereocenters. The van der Waals surface area contributed by atoms with Crippen LogP contribution in [0.2, 0.25) is 0 Å². The van der Waals surface area contributed by atoms with Gasteiger partial charge < -0.3 is 14.7 Å². The molecule has 0 unspecified atom stereocenters. The van der Waals surface area contributed by atoms with Crippen LogP contribution in [0.1, 0.15) is 29.5 Å². The van der Waals surface area contributed by atoms with Gasteiger partial charge in [-0.2, -0.15) is 0 Å². The second-order valence-electron chi connectivity index (χ2n) is 9.08. The molecule has 4 aromatic rings. The molecular formula is C31H35N3. The lowest BCUT2D eigenvalue weighted by molar-refractivity contribution is 0.968. The Morgan fingerprint density at radius 1 is 0.471 bits per heavy atom. The monoisotopic (exact) mass is 449 g/mol. The predicted octanol–water partition coefficient (Wildman–Crippen LogP) is 7.16. The molecular weight excluding hydrogens is 414 g/mol. The molecule has 0 bridgehead atoms. The zero-order valence-electron chi connectivity index (χ0n) is 20.9. The fourth-order valence-corrected chi connectivity index (χ4v) is 4.48. The molecule has 0 aliphatic carbocycles. The number of hydrogen-bond donors (Lipinski definition) is 0.